The van der Waals surface area contributed by atoms with Crippen molar-refractivity contribution in [1.29, 1.82) is 0 Å². The Hall–Kier alpha value is -0.370. The highest BCUT2D eigenvalue weighted by atomic mass is 19.1. The van der Waals surface area contributed by atoms with Gasteiger partial charge in [-0.15, -0.1) is 0 Å². The molecule has 3 unspecified atom stereocenters. The smallest absolute Gasteiger partial charge is 0.0960 e. The Balaban J connectivity index is 1.35. The summed E-state index contributed by atoms with van der Waals surface area (Å²) in [6.07, 6.45) is 18.7. The highest BCUT2D eigenvalue weighted by Crippen LogP contribution is 2.41. The maximum absolute atomic E-state index is 13.2. The molecule has 0 spiro atoms. The van der Waals surface area contributed by atoms with Gasteiger partial charge in [-0.2, -0.15) is 0 Å². The average molecular weight is 337 g/mol. The third kappa shape index (κ3) is 5.07. The van der Waals surface area contributed by atoms with Crippen LogP contribution < -0.4 is 0 Å². The van der Waals surface area contributed by atoms with Crippen LogP contribution in [0.2, 0.25) is 0 Å². The Morgan fingerprint density at radius 1 is 0.958 bits per heavy atom. The molecule has 0 N–H and O–H groups in total. The Labute approximate surface area is 148 Å². The molecule has 3 aliphatic rings. The van der Waals surface area contributed by atoms with Gasteiger partial charge in [0.05, 0.1) is 18.5 Å². The van der Waals surface area contributed by atoms with Crippen LogP contribution in [0.5, 0.6) is 0 Å². The van der Waals surface area contributed by atoms with Gasteiger partial charge in [0.1, 0.15) is 0 Å². The van der Waals surface area contributed by atoms with Crippen LogP contribution >= 0.6 is 0 Å². The van der Waals surface area contributed by atoms with E-state index >= 15 is 0 Å². The van der Waals surface area contributed by atoms with E-state index in [0.717, 1.165) is 37.2 Å². The van der Waals surface area contributed by atoms with Crippen molar-refractivity contribution in [3.8, 4) is 0 Å². The molecule has 3 atom stereocenters. The summed E-state index contributed by atoms with van der Waals surface area (Å²) in [5.74, 6) is 3.38. The number of hydrogen-bond acceptors (Lipinski definition) is 1. The molecular weight excluding hydrogens is 299 g/mol. The van der Waals surface area contributed by atoms with Gasteiger partial charge in [-0.05, 0) is 68.6 Å². The van der Waals surface area contributed by atoms with Gasteiger partial charge < -0.3 is 4.74 Å². The fourth-order valence-corrected chi connectivity index (χ4v) is 5.33. The quantitative estimate of drug-likeness (QED) is 0.483. The largest absolute Gasteiger partial charge is 0.378 e. The first-order chi connectivity index (χ1) is 11.8. The van der Waals surface area contributed by atoms with Gasteiger partial charge in [0, 0.05) is 0 Å². The van der Waals surface area contributed by atoms with Gasteiger partial charge in [-0.1, -0.05) is 51.5 Å². The number of allylic oxidation sites excluding steroid dienone is 2. The van der Waals surface area contributed by atoms with Crippen molar-refractivity contribution in [2.75, 3.05) is 6.61 Å². The van der Waals surface area contributed by atoms with E-state index in [2.05, 4.69) is 6.92 Å². The molecule has 3 rings (SSSR count). The molecule has 1 saturated heterocycles. The molecule has 2 heteroatoms. The van der Waals surface area contributed by atoms with Crippen LogP contribution in [0.25, 0.3) is 0 Å². The summed E-state index contributed by atoms with van der Waals surface area (Å²) in [6, 6.07) is 0. The lowest BCUT2D eigenvalue weighted by Gasteiger charge is -2.40. The molecule has 2 fully saturated rings. The van der Waals surface area contributed by atoms with Crippen LogP contribution in [0.3, 0.4) is 0 Å². The van der Waals surface area contributed by atoms with Crippen LogP contribution in [-0.2, 0) is 4.74 Å². The van der Waals surface area contributed by atoms with E-state index in [1.807, 2.05) is 0 Å². The van der Waals surface area contributed by atoms with E-state index in [-0.39, 0.29) is 5.83 Å². The molecule has 0 amide bonds. The number of unbranched alkanes of at least 4 members (excludes halogenated alkanes) is 2. The summed E-state index contributed by atoms with van der Waals surface area (Å²) >= 11 is 0. The van der Waals surface area contributed by atoms with Crippen LogP contribution in [-0.4, -0.2) is 12.7 Å². The summed E-state index contributed by atoms with van der Waals surface area (Å²) in [7, 11) is 0. The lowest BCUT2D eigenvalue weighted by molar-refractivity contribution is -0.0672. The zero-order valence-electron chi connectivity index (χ0n) is 15.6. The molecule has 1 heterocycles. The molecule has 0 aromatic rings. The minimum atomic E-state index is 0.0932. The topological polar surface area (TPSA) is 9.23 Å². The number of ether oxygens (including phenoxy) is 1. The molecule has 1 saturated carbocycles. The predicted molar refractivity (Wildman–Crippen MR) is 98.6 cm³/mol. The van der Waals surface area contributed by atoms with E-state index in [4.69, 9.17) is 4.74 Å². The Kier molecular flexibility index (Phi) is 7.19. The Morgan fingerprint density at radius 2 is 1.75 bits per heavy atom. The summed E-state index contributed by atoms with van der Waals surface area (Å²) in [4.78, 5) is 0. The number of halogens is 1. The first-order valence-corrected chi connectivity index (χ1v) is 10.7. The summed E-state index contributed by atoms with van der Waals surface area (Å²) in [5, 5.41) is 0. The van der Waals surface area contributed by atoms with E-state index in [9.17, 15) is 4.39 Å². The van der Waals surface area contributed by atoms with Gasteiger partial charge in [0.15, 0.2) is 0 Å². The highest BCUT2D eigenvalue weighted by molar-refractivity contribution is 4.99. The second-order valence-corrected chi connectivity index (χ2v) is 8.67. The number of rotatable bonds is 6. The van der Waals surface area contributed by atoms with E-state index in [1.165, 1.54) is 64.2 Å². The average Bonchev–Trinajstić information content (AvgIpc) is 2.63. The van der Waals surface area contributed by atoms with Crippen LogP contribution in [0.15, 0.2) is 11.9 Å². The van der Waals surface area contributed by atoms with Crippen molar-refractivity contribution in [2.45, 2.75) is 96.5 Å². The third-order valence-electron chi connectivity index (χ3n) is 7.04. The van der Waals surface area contributed by atoms with Crippen LogP contribution in [0, 0.1) is 23.7 Å². The van der Waals surface area contributed by atoms with E-state index in [0.29, 0.717) is 18.4 Å². The fraction of sp³-hybridized carbons (Fsp3) is 0.909. The summed E-state index contributed by atoms with van der Waals surface area (Å²) in [6.45, 7) is 3.27. The fourth-order valence-electron chi connectivity index (χ4n) is 5.33. The van der Waals surface area contributed by atoms with Crippen molar-refractivity contribution >= 4 is 0 Å². The molecule has 0 bridgehead atoms. The summed E-state index contributed by atoms with van der Waals surface area (Å²) in [5.41, 5.74) is 0. The van der Waals surface area contributed by atoms with Crippen LogP contribution in [0.4, 0.5) is 4.39 Å². The second-order valence-electron chi connectivity index (χ2n) is 8.67. The standard InChI is InChI=1S/C22H37FO/c1-2-3-4-5-17-6-8-18(9-7-17)20-12-15-22(24-16-20)19-10-13-21(23)14-11-19/h13,17-20,22H,2-12,14-16H2,1H3. The van der Waals surface area contributed by atoms with Gasteiger partial charge in [0.25, 0.3) is 0 Å². The van der Waals surface area contributed by atoms with Crippen molar-refractivity contribution in [3.05, 3.63) is 11.9 Å². The molecule has 2 aliphatic carbocycles. The molecule has 0 radical (unpaired) electrons. The van der Waals surface area contributed by atoms with Crippen LogP contribution in [0.1, 0.15) is 90.4 Å². The zero-order valence-corrected chi connectivity index (χ0v) is 15.6. The molecule has 138 valence electrons. The first kappa shape index (κ1) is 18.4. The Morgan fingerprint density at radius 3 is 2.38 bits per heavy atom. The lowest BCUT2D eigenvalue weighted by Crippen LogP contribution is -2.36. The first-order valence-electron chi connectivity index (χ1n) is 10.7. The predicted octanol–water partition coefficient (Wildman–Crippen LogP) is 6.82. The van der Waals surface area contributed by atoms with Crippen molar-refractivity contribution in [2.24, 2.45) is 23.7 Å². The monoisotopic (exact) mass is 336 g/mol. The van der Waals surface area contributed by atoms with Gasteiger partial charge in [0.2, 0.25) is 0 Å². The maximum atomic E-state index is 13.2. The van der Waals surface area contributed by atoms with E-state index in [1.54, 1.807) is 6.08 Å². The maximum Gasteiger partial charge on any atom is 0.0960 e. The molecule has 1 aliphatic heterocycles. The minimum Gasteiger partial charge on any atom is -0.378 e. The zero-order chi connectivity index (χ0) is 16.8. The van der Waals surface area contributed by atoms with Gasteiger partial charge in [-0.25, -0.2) is 4.39 Å². The van der Waals surface area contributed by atoms with Gasteiger partial charge in [-0.3, -0.25) is 0 Å². The molecular formula is C22H37FO. The van der Waals surface area contributed by atoms with Crippen molar-refractivity contribution < 1.29 is 9.13 Å². The highest BCUT2D eigenvalue weighted by Gasteiger charge is 2.34. The summed E-state index contributed by atoms with van der Waals surface area (Å²) < 4.78 is 19.5. The SMILES string of the molecule is CCCCCC1CCC(C2CCC(C3CC=C(F)CC3)OC2)CC1. The minimum absolute atomic E-state index is 0.0932. The molecule has 1 nitrogen and oxygen atoms in total. The lowest BCUT2D eigenvalue weighted by atomic mass is 9.72. The molecule has 24 heavy (non-hydrogen) atoms. The molecule has 0 aromatic heterocycles. The Bertz CT molecular complexity index is 389. The third-order valence-corrected chi connectivity index (χ3v) is 7.04. The van der Waals surface area contributed by atoms with Gasteiger partial charge >= 0.3 is 0 Å². The van der Waals surface area contributed by atoms with Crippen molar-refractivity contribution in [1.82, 2.24) is 0 Å². The van der Waals surface area contributed by atoms with E-state index < -0.39 is 0 Å². The second kappa shape index (κ2) is 9.36. The van der Waals surface area contributed by atoms with Crippen molar-refractivity contribution in [3.63, 3.8) is 0 Å². The number of hydrogen-bond donors (Lipinski definition) is 0. The molecule has 0 aromatic carbocycles. The normalized spacial score (nSPS) is 37.9.